The monoisotopic (exact) mass is 555 g/mol. The number of carbonyl (C=O) groups excluding carboxylic acids is 3. The third-order valence-electron chi connectivity index (χ3n) is 7.79. The van der Waals surface area contributed by atoms with E-state index in [0.717, 1.165) is 12.8 Å². The number of nitrogens with one attached hydrogen (secondary N) is 1. The third-order valence-corrected chi connectivity index (χ3v) is 8.08. The van der Waals surface area contributed by atoms with Gasteiger partial charge in [-0.15, -0.1) is 0 Å². The molecule has 2 aromatic carbocycles. The number of carboxylic acid groups (broad SMARTS) is 1. The summed E-state index contributed by atoms with van der Waals surface area (Å²) in [5, 5.41) is 16.7. The number of benzene rings is 2. The van der Waals surface area contributed by atoms with Crippen molar-refractivity contribution in [1.82, 2.24) is 20.0 Å². The van der Waals surface area contributed by atoms with E-state index in [1.807, 2.05) is 0 Å². The number of hydrogen-bond donors (Lipinski definition) is 3. The molecule has 1 aromatic heterocycles. The van der Waals surface area contributed by atoms with Crippen molar-refractivity contribution in [2.45, 2.75) is 57.3 Å². The van der Waals surface area contributed by atoms with Crippen LogP contribution in [0.5, 0.6) is 0 Å². The average molecular weight is 556 g/mol. The number of halogens is 2. The van der Waals surface area contributed by atoms with Crippen LogP contribution in [0.2, 0.25) is 5.02 Å². The van der Waals surface area contributed by atoms with Crippen LogP contribution in [0, 0.1) is 11.7 Å². The van der Waals surface area contributed by atoms with E-state index in [9.17, 15) is 28.7 Å². The molecule has 1 unspecified atom stereocenters. The first-order valence-corrected chi connectivity index (χ1v) is 13.0. The summed E-state index contributed by atoms with van der Waals surface area (Å²) in [6.07, 6.45) is 2.27. The molecule has 39 heavy (non-hydrogen) atoms. The van der Waals surface area contributed by atoms with Crippen LogP contribution in [0.3, 0.4) is 0 Å². The molecule has 204 valence electrons. The van der Waals surface area contributed by atoms with Crippen molar-refractivity contribution < 1.29 is 28.7 Å². The van der Waals surface area contributed by atoms with E-state index in [1.54, 1.807) is 29.2 Å². The Labute approximate surface area is 227 Å². The number of primary amides is 1. The topological polar surface area (TPSA) is 148 Å². The fourth-order valence-electron chi connectivity index (χ4n) is 5.78. The predicted molar refractivity (Wildman–Crippen MR) is 139 cm³/mol. The molecule has 4 atom stereocenters. The number of fused-ring (bicyclic) bond motifs is 3. The van der Waals surface area contributed by atoms with Crippen molar-refractivity contribution in [2.24, 2.45) is 11.7 Å². The highest BCUT2D eigenvalue weighted by Gasteiger charge is 2.51. The number of likely N-dealkylation sites (tertiary alicyclic amines) is 1. The minimum Gasteiger partial charge on any atom is -0.481 e. The number of amides is 3. The summed E-state index contributed by atoms with van der Waals surface area (Å²) in [5.74, 6) is -3.98. The second-order valence-corrected chi connectivity index (χ2v) is 10.5. The van der Waals surface area contributed by atoms with Crippen molar-refractivity contribution in [2.75, 3.05) is 0 Å². The largest absolute Gasteiger partial charge is 0.481 e. The smallest absolute Gasteiger partial charge is 0.310 e. The van der Waals surface area contributed by atoms with Crippen LogP contribution in [0.4, 0.5) is 4.39 Å². The Kier molecular flexibility index (Phi) is 7.02. The van der Waals surface area contributed by atoms with Crippen molar-refractivity contribution in [3.05, 3.63) is 64.1 Å². The average Bonchev–Trinajstić information content (AvgIpc) is 3.62. The van der Waals surface area contributed by atoms with Crippen LogP contribution in [-0.2, 0) is 27.5 Å². The summed E-state index contributed by atoms with van der Waals surface area (Å²) in [6, 6.07) is 8.50. The maximum absolute atomic E-state index is 14.3. The van der Waals surface area contributed by atoms with E-state index < -0.39 is 29.7 Å². The van der Waals surface area contributed by atoms with Gasteiger partial charge in [0.25, 0.3) is 5.91 Å². The van der Waals surface area contributed by atoms with E-state index in [2.05, 4.69) is 10.4 Å². The van der Waals surface area contributed by atoms with Crippen molar-refractivity contribution in [3.63, 3.8) is 0 Å². The number of nitrogens with two attached hydrogens (primary N) is 1. The van der Waals surface area contributed by atoms with Crippen molar-refractivity contribution in [1.29, 1.82) is 0 Å². The van der Waals surface area contributed by atoms with Gasteiger partial charge in [-0.3, -0.25) is 23.9 Å². The van der Waals surface area contributed by atoms with Crippen LogP contribution in [0.1, 0.15) is 53.7 Å². The van der Waals surface area contributed by atoms with Gasteiger partial charge in [0.2, 0.25) is 11.8 Å². The molecule has 12 heteroatoms. The molecule has 1 saturated carbocycles. The van der Waals surface area contributed by atoms with E-state index in [-0.39, 0.29) is 53.1 Å². The summed E-state index contributed by atoms with van der Waals surface area (Å²) in [6.45, 7) is 1.22. The Bertz CT molecular complexity index is 1510. The van der Waals surface area contributed by atoms with Gasteiger partial charge >= 0.3 is 5.97 Å². The lowest BCUT2D eigenvalue weighted by molar-refractivity contribution is -0.143. The van der Waals surface area contributed by atoms with Crippen LogP contribution in [0.15, 0.2) is 36.4 Å². The van der Waals surface area contributed by atoms with Gasteiger partial charge < -0.3 is 21.1 Å². The van der Waals surface area contributed by atoms with Gasteiger partial charge in [0, 0.05) is 23.5 Å². The minimum atomic E-state index is -1.02. The zero-order chi connectivity index (χ0) is 28.0. The van der Waals surface area contributed by atoms with Crippen LogP contribution >= 0.6 is 11.6 Å². The molecule has 1 saturated heterocycles. The quantitative estimate of drug-likeness (QED) is 0.389. The maximum Gasteiger partial charge on any atom is 0.310 e. The van der Waals surface area contributed by atoms with Crippen LogP contribution in [-0.4, -0.2) is 55.6 Å². The van der Waals surface area contributed by atoms with Crippen molar-refractivity contribution in [3.8, 4) is 0 Å². The summed E-state index contributed by atoms with van der Waals surface area (Å²) in [7, 11) is 0. The summed E-state index contributed by atoms with van der Waals surface area (Å²) in [4.78, 5) is 52.0. The maximum atomic E-state index is 14.3. The lowest BCUT2D eigenvalue weighted by Crippen LogP contribution is -2.53. The lowest BCUT2D eigenvalue weighted by atomic mass is 9.97. The first kappa shape index (κ1) is 26.6. The minimum absolute atomic E-state index is 0.0150. The number of piperidine rings is 1. The lowest BCUT2D eigenvalue weighted by Gasteiger charge is -2.34. The first-order valence-electron chi connectivity index (χ1n) is 12.6. The molecular weight excluding hydrogens is 529 g/mol. The number of nitrogens with zero attached hydrogens (tertiary/aromatic N) is 3. The molecule has 2 heterocycles. The van der Waals surface area contributed by atoms with Gasteiger partial charge in [0.15, 0.2) is 5.69 Å². The van der Waals surface area contributed by atoms with E-state index in [0.29, 0.717) is 22.9 Å². The number of carboxylic acids is 1. The molecule has 2 fully saturated rings. The Hall–Kier alpha value is -3.99. The molecule has 2 bridgehead atoms. The fraction of sp³-hybridized carbons (Fsp3) is 0.370. The molecule has 0 radical (unpaired) electrons. The molecule has 10 nitrogen and oxygen atoms in total. The van der Waals surface area contributed by atoms with Gasteiger partial charge in [-0.2, -0.15) is 5.10 Å². The molecule has 4 N–H and O–H groups in total. The molecule has 1 aliphatic carbocycles. The number of aromatic nitrogens is 2. The number of aliphatic carboxylic acids is 1. The number of hydrogen-bond acceptors (Lipinski definition) is 5. The molecule has 5 rings (SSSR count). The van der Waals surface area contributed by atoms with Gasteiger partial charge in [-0.25, -0.2) is 4.39 Å². The normalized spacial score (nSPS) is 20.8. The van der Waals surface area contributed by atoms with E-state index in [1.165, 1.54) is 23.7 Å². The number of carbonyl (C=O) groups is 4. The van der Waals surface area contributed by atoms with Gasteiger partial charge in [0.1, 0.15) is 18.4 Å². The fourth-order valence-corrected chi connectivity index (χ4v) is 5.97. The highest BCUT2D eigenvalue weighted by Crippen LogP contribution is 2.43. The molecule has 1 aliphatic heterocycles. The first-order chi connectivity index (χ1) is 18.6. The Morgan fingerprint density at radius 3 is 2.72 bits per heavy atom. The second kappa shape index (κ2) is 10.3. The Balaban J connectivity index is 1.38. The van der Waals surface area contributed by atoms with Crippen LogP contribution in [0.25, 0.3) is 10.9 Å². The molecule has 3 amide bonds. The van der Waals surface area contributed by atoms with Crippen LogP contribution < -0.4 is 11.1 Å². The zero-order valence-electron chi connectivity index (χ0n) is 21.1. The molecule has 2 aliphatic rings. The highest BCUT2D eigenvalue weighted by atomic mass is 35.5. The van der Waals surface area contributed by atoms with Crippen molar-refractivity contribution >= 4 is 46.2 Å². The number of rotatable bonds is 8. The van der Waals surface area contributed by atoms with E-state index in [4.69, 9.17) is 17.3 Å². The summed E-state index contributed by atoms with van der Waals surface area (Å²) < 4.78 is 15.7. The SMILES string of the molecule is CC(C(=O)O)c1ccc2c(c1)c(C(N)=O)nn2CC(=O)N1[C@@H]2CC[C@@H](C2)[C@H]1C(=O)NCc1cccc(Cl)c1F. The third kappa shape index (κ3) is 4.82. The van der Waals surface area contributed by atoms with Gasteiger partial charge in [-0.05, 0) is 55.9 Å². The molecular formula is C27H27ClFN5O5. The molecule has 3 aromatic rings. The summed E-state index contributed by atoms with van der Waals surface area (Å²) in [5.41, 5.74) is 6.62. The predicted octanol–water partition coefficient (Wildman–Crippen LogP) is 2.81. The zero-order valence-corrected chi connectivity index (χ0v) is 21.8. The van der Waals surface area contributed by atoms with Gasteiger partial charge in [-0.1, -0.05) is 29.8 Å². The second-order valence-electron chi connectivity index (χ2n) is 10.1. The Morgan fingerprint density at radius 1 is 1.23 bits per heavy atom. The standard InChI is InChI=1S/C27H27ClFN5O5/c1-13(27(38)39)14-6-8-20-18(10-14)23(25(30)36)32-33(20)12-21(35)34-17-7-5-15(9-17)24(34)26(37)31-11-16-3-2-4-19(28)22(16)29/h2-4,6,8,10,13,15,17,24H,5,7,9,11-12H2,1H3,(H2,30,36)(H,31,37)(H,38,39)/t13?,15-,17+,24-/m0/s1. The Morgan fingerprint density at radius 2 is 2.00 bits per heavy atom. The molecule has 0 spiro atoms. The van der Waals surface area contributed by atoms with E-state index >= 15 is 0 Å². The summed E-state index contributed by atoms with van der Waals surface area (Å²) >= 11 is 5.85. The highest BCUT2D eigenvalue weighted by molar-refractivity contribution is 6.30. The van der Waals surface area contributed by atoms with Gasteiger partial charge in [0.05, 0.1) is 16.5 Å².